The zero-order chi connectivity index (χ0) is 35.2. The summed E-state index contributed by atoms with van der Waals surface area (Å²) in [5.74, 6) is -6.98. The zero-order valence-corrected chi connectivity index (χ0v) is 26.4. The molecule has 0 radical (unpaired) electrons. The van der Waals surface area contributed by atoms with Gasteiger partial charge in [-0.25, -0.2) is 4.79 Å². The fraction of sp³-hybridized carbons (Fsp3) is 0.424. The number of methoxy groups -OCH3 is 3. The van der Waals surface area contributed by atoms with Gasteiger partial charge < -0.3 is 49.8 Å². The van der Waals surface area contributed by atoms with Crippen molar-refractivity contribution in [3.8, 4) is 11.5 Å². The molecule has 1 saturated heterocycles. The molecular formula is C33H33NO14. The smallest absolute Gasteiger partial charge is 0.341 e. The van der Waals surface area contributed by atoms with E-state index in [2.05, 4.69) is 5.32 Å². The van der Waals surface area contributed by atoms with Gasteiger partial charge in [0.1, 0.15) is 35.4 Å². The lowest BCUT2D eigenvalue weighted by atomic mass is 9.57. The highest BCUT2D eigenvalue weighted by Crippen LogP contribution is 2.56. The number of aliphatic hydroxyl groups excluding tert-OH is 2. The van der Waals surface area contributed by atoms with Gasteiger partial charge in [-0.15, -0.1) is 0 Å². The van der Waals surface area contributed by atoms with Gasteiger partial charge in [-0.2, -0.15) is 0 Å². The quantitative estimate of drug-likeness (QED) is 0.232. The van der Waals surface area contributed by atoms with Crippen molar-refractivity contribution in [3.63, 3.8) is 0 Å². The summed E-state index contributed by atoms with van der Waals surface area (Å²) in [7, 11) is 3.37. The molecule has 6 rings (SSSR count). The predicted octanol–water partition coefficient (Wildman–Crippen LogP) is 0.125. The molecule has 0 spiro atoms. The summed E-state index contributed by atoms with van der Waals surface area (Å²) in [5.41, 5.74) is -8.48. The van der Waals surface area contributed by atoms with E-state index in [1.54, 1.807) is 0 Å². The molecule has 0 amide bonds. The summed E-state index contributed by atoms with van der Waals surface area (Å²) in [6, 6.07) is 2.37. The minimum atomic E-state index is -2.96. The Hall–Kier alpha value is -4.51. The second-order valence-electron chi connectivity index (χ2n) is 12.3. The number of ketones is 4. The lowest BCUT2D eigenvalue weighted by Gasteiger charge is -2.50. The number of hydrogen-bond acceptors (Lipinski definition) is 15. The van der Waals surface area contributed by atoms with Crippen LogP contribution in [-0.2, 0) is 31.0 Å². The molecule has 1 heterocycles. The Kier molecular flexibility index (Phi) is 7.85. The molecule has 0 bridgehead atoms. The molecule has 1 fully saturated rings. The van der Waals surface area contributed by atoms with E-state index in [0.717, 1.165) is 26.4 Å². The third kappa shape index (κ3) is 4.18. The number of allylic oxidation sites excluding steroid dienone is 2. The van der Waals surface area contributed by atoms with E-state index in [-0.39, 0.29) is 35.2 Å². The van der Waals surface area contributed by atoms with Gasteiger partial charge in [0.05, 0.1) is 30.0 Å². The van der Waals surface area contributed by atoms with Gasteiger partial charge in [0.15, 0.2) is 23.2 Å². The topological polar surface area (TPSA) is 235 Å². The Balaban J connectivity index is 1.51. The number of carbonyl (C=O) groups excluding carboxylic acids is 5. The standard InChI is InChI=1S/C33H33NO14/c1-11-8-13-6-7-32(47-5)29(42)20-15(28(41)33(32,44)21(13)25(39)18(11)31(43)46-4)9-14-19(24(20)38)17(35)10-16(23(14)37)34-30-27(45-3)26(40)22(36)12(2)48-30/h8-10,12,22,26-27,30,34,36,38-40,44H,6-7H2,1-5H3. The fourth-order valence-electron chi connectivity index (χ4n) is 7.44. The first-order chi connectivity index (χ1) is 22.6. The van der Waals surface area contributed by atoms with Gasteiger partial charge >= 0.3 is 5.97 Å². The summed E-state index contributed by atoms with van der Waals surface area (Å²) in [6.45, 7) is 2.99. The van der Waals surface area contributed by atoms with E-state index >= 15 is 0 Å². The molecule has 2 aromatic rings. The summed E-state index contributed by atoms with van der Waals surface area (Å²) in [6.07, 6.45) is -5.55. The lowest BCUT2D eigenvalue weighted by Crippen LogP contribution is -2.67. The highest BCUT2D eigenvalue weighted by atomic mass is 16.6. The molecule has 7 unspecified atom stereocenters. The van der Waals surface area contributed by atoms with Crippen LogP contribution in [0.3, 0.4) is 0 Å². The summed E-state index contributed by atoms with van der Waals surface area (Å²) >= 11 is 0. The number of nitrogens with one attached hydrogen (secondary N) is 1. The lowest BCUT2D eigenvalue weighted by molar-refractivity contribution is -0.229. The molecule has 6 N–H and O–H groups in total. The Bertz CT molecular complexity index is 1860. The van der Waals surface area contributed by atoms with Crippen LogP contribution in [0.1, 0.15) is 81.8 Å². The molecule has 48 heavy (non-hydrogen) atoms. The van der Waals surface area contributed by atoms with Gasteiger partial charge in [-0.05, 0) is 43.9 Å². The molecule has 1 aliphatic heterocycles. The van der Waals surface area contributed by atoms with E-state index in [1.807, 2.05) is 0 Å². The normalized spacial score (nSPS) is 30.9. The maximum atomic E-state index is 14.5. The fourth-order valence-corrected chi connectivity index (χ4v) is 7.44. The monoisotopic (exact) mass is 667 g/mol. The number of aryl methyl sites for hydroxylation is 2. The van der Waals surface area contributed by atoms with Crippen LogP contribution >= 0.6 is 0 Å². The van der Waals surface area contributed by atoms with Crippen LogP contribution in [-0.4, -0.2) is 112 Å². The van der Waals surface area contributed by atoms with E-state index in [0.29, 0.717) is 0 Å². The van der Waals surface area contributed by atoms with Gasteiger partial charge in [0.2, 0.25) is 17.3 Å². The second kappa shape index (κ2) is 11.3. The second-order valence-corrected chi connectivity index (χ2v) is 12.3. The van der Waals surface area contributed by atoms with E-state index in [9.17, 15) is 49.5 Å². The van der Waals surface area contributed by atoms with Crippen molar-refractivity contribution >= 4 is 29.1 Å². The Morgan fingerprint density at radius 3 is 2.29 bits per heavy atom. The predicted molar refractivity (Wildman–Crippen MR) is 160 cm³/mol. The number of aromatic hydroxyl groups is 2. The third-order valence-electron chi connectivity index (χ3n) is 9.89. The first-order valence-corrected chi connectivity index (χ1v) is 14.9. The molecule has 15 heteroatoms. The molecular weight excluding hydrogens is 634 g/mol. The van der Waals surface area contributed by atoms with E-state index in [1.165, 1.54) is 27.0 Å². The van der Waals surface area contributed by atoms with Crippen molar-refractivity contribution in [2.24, 2.45) is 0 Å². The number of phenols is 2. The molecule has 0 saturated carbocycles. The number of benzene rings is 2. The first-order valence-electron chi connectivity index (χ1n) is 14.9. The first kappa shape index (κ1) is 33.4. The number of rotatable bonds is 5. The van der Waals surface area contributed by atoms with Crippen LogP contribution in [0.4, 0.5) is 0 Å². The molecule has 7 atom stereocenters. The number of ether oxygens (including phenoxy) is 4. The number of hydrogen-bond donors (Lipinski definition) is 6. The van der Waals surface area contributed by atoms with Crippen molar-refractivity contribution in [1.82, 2.24) is 5.32 Å². The number of Topliss-reactive ketones (excluding diaryl/α,β-unsaturated/α-hetero) is 3. The van der Waals surface area contributed by atoms with Gasteiger partial charge in [0.25, 0.3) is 0 Å². The number of carbonyl (C=O) groups is 5. The summed E-state index contributed by atoms with van der Waals surface area (Å²) in [4.78, 5) is 68.7. The van der Waals surface area contributed by atoms with Crippen LogP contribution in [0.15, 0.2) is 23.9 Å². The third-order valence-corrected chi connectivity index (χ3v) is 9.89. The average Bonchev–Trinajstić information content (AvgIpc) is 3.04. The maximum absolute atomic E-state index is 14.5. The van der Waals surface area contributed by atoms with Crippen LogP contribution in [0.2, 0.25) is 0 Å². The zero-order valence-electron chi connectivity index (χ0n) is 26.4. The maximum Gasteiger partial charge on any atom is 0.341 e. The van der Waals surface area contributed by atoms with Crippen molar-refractivity contribution in [2.45, 2.75) is 68.5 Å². The highest BCUT2D eigenvalue weighted by Gasteiger charge is 2.69. The van der Waals surface area contributed by atoms with Crippen LogP contribution in [0.5, 0.6) is 11.5 Å². The minimum Gasteiger partial charge on any atom is -0.507 e. The van der Waals surface area contributed by atoms with Crippen molar-refractivity contribution in [3.05, 3.63) is 68.4 Å². The van der Waals surface area contributed by atoms with Gasteiger partial charge in [0, 0.05) is 37.0 Å². The van der Waals surface area contributed by atoms with Crippen LogP contribution in [0.25, 0.3) is 0 Å². The van der Waals surface area contributed by atoms with Crippen molar-refractivity contribution < 1.29 is 68.5 Å². The molecule has 3 aliphatic carbocycles. The highest BCUT2D eigenvalue weighted by molar-refractivity contribution is 6.30. The van der Waals surface area contributed by atoms with Crippen LogP contribution < -0.4 is 5.32 Å². The number of esters is 1. The molecule has 4 aliphatic rings. The van der Waals surface area contributed by atoms with Crippen molar-refractivity contribution in [1.29, 1.82) is 0 Å². The number of fused-ring (bicyclic) bond motifs is 5. The van der Waals surface area contributed by atoms with Gasteiger partial charge in [-0.3, -0.25) is 19.2 Å². The average molecular weight is 668 g/mol. The van der Waals surface area contributed by atoms with Crippen LogP contribution in [0, 0.1) is 6.92 Å². The van der Waals surface area contributed by atoms with Gasteiger partial charge in [-0.1, -0.05) is 6.07 Å². The molecule has 254 valence electrons. The number of phenolic OH excluding ortho intramolecular Hbond substituents is 2. The minimum absolute atomic E-state index is 0.00732. The Morgan fingerprint density at radius 2 is 1.67 bits per heavy atom. The number of aliphatic hydroxyl groups is 3. The SMILES string of the molecule is COC(=O)c1c(C)cc2c(c1O)C1(O)C(=O)c3cc4c(c(O)c3C(=O)C1(OC)CC2)C(=O)C=C(NC1OC(C)C(O)C(O)C1OC)C4=O. The Labute approximate surface area is 272 Å². The van der Waals surface area contributed by atoms with Crippen molar-refractivity contribution in [2.75, 3.05) is 21.3 Å². The Morgan fingerprint density at radius 1 is 0.979 bits per heavy atom. The molecule has 15 nitrogen and oxygen atoms in total. The van der Waals surface area contributed by atoms with E-state index < -0.39 is 110 Å². The van der Waals surface area contributed by atoms with E-state index in [4.69, 9.17) is 18.9 Å². The molecule has 0 aromatic heterocycles. The summed E-state index contributed by atoms with van der Waals surface area (Å²) in [5, 5.41) is 58.6. The largest absolute Gasteiger partial charge is 0.507 e. The summed E-state index contributed by atoms with van der Waals surface area (Å²) < 4.78 is 21.3. The molecule has 2 aromatic carbocycles.